The quantitative estimate of drug-likeness (QED) is 0.764. The maximum Gasteiger partial charge on any atom is 0.276 e. The molecule has 1 aliphatic heterocycles. The molecule has 2 aromatic rings. The summed E-state index contributed by atoms with van der Waals surface area (Å²) in [6.45, 7) is 5.22. The zero-order chi connectivity index (χ0) is 17.8. The van der Waals surface area contributed by atoms with Crippen LogP contribution in [0.3, 0.4) is 0 Å². The van der Waals surface area contributed by atoms with Gasteiger partial charge in [-0.15, -0.1) is 12.4 Å². The summed E-state index contributed by atoms with van der Waals surface area (Å²) < 4.78 is 1.86. The number of rotatable bonds is 4. The third-order valence-electron chi connectivity index (χ3n) is 4.38. The summed E-state index contributed by atoms with van der Waals surface area (Å²) in [5.74, 6) is -0.406. The smallest absolute Gasteiger partial charge is 0.276 e. The van der Waals surface area contributed by atoms with Gasteiger partial charge in [0, 0.05) is 31.0 Å². The lowest BCUT2D eigenvalue weighted by Crippen LogP contribution is -2.32. The van der Waals surface area contributed by atoms with E-state index in [0.29, 0.717) is 23.1 Å². The fourth-order valence-electron chi connectivity index (χ4n) is 3.00. The second-order valence-electron chi connectivity index (χ2n) is 6.29. The maximum absolute atomic E-state index is 12.5. The second kappa shape index (κ2) is 8.82. The van der Waals surface area contributed by atoms with Crippen LogP contribution in [-0.2, 0) is 4.79 Å². The van der Waals surface area contributed by atoms with Crippen molar-refractivity contribution < 1.29 is 9.59 Å². The number of piperidine rings is 1. The Morgan fingerprint density at radius 2 is 1.96 bits per heavy atom. The number of hydrogen-bond acceptors (Lipinski definition) is 4. The molecular weight excluding hydrogens is 354 g/mol. The Kier molecular flexibility index (Phi) is 6.76. The van der Waals surface area contributed by atoms with Gasteiger partial charge in [-0.25, -0.2) is 0 Å². The van der Waals surface area contributed by atoms with E-state index in [1.807, 2.05) is 17.8 Å². The number of nitrogens with zero attached hydrogens (tertiary/aromatic N) is 2. The molecule has 1 fully saturated rings. The van der Waals surface area contributed by atoms with E-state index in [4.69, 9.17) is 0 Å². The Balaban J connectivity index is 0.00000243. The first-order valence-electron chi connectivity index (χ1n) is 8.49. The third-order valence-corrected chi connectivity index (χ3v) is 4.38. The molecule has 1 aromatic heterocycles. The van der Waals surface area contributed by atoms with E-state index in [1.165, 1.54) is 6.92 Å². The van der Waals surface area contributed by atoms with Gasteiger partial charge in [0.05, 0.1) is 6.04 Å². The first-order chi connectivity index (χ1) is 12.0. The lowest BCUT2D eigenvalue weighted by atomic mass is 10.1. The molecule has 140 valence electrons. The molecule has 8 heteroatoms. The minimum Gasteiger partial charge on any atom is -0.326 e. The largest absolute Gasteiger partial charge is 0.326 e. The van der Waals surface area contributed by atoms with E-state index in [9.17, 15) is 9.59 Å². The lowest BCUT2D eigenvalue weighted by molar-refractivity contribution is -0.114. The number of aromatic nitrogens is 2. The van der Waals surface area contributed by atoms with Crippen LogP contribution in [0.25, 0.3) is 0 Å². The van der Waals surface area contributed by atoms with Crippen LogP contribution in [0, 0.1) is 6.92 Å². The minimum absolute atomic E-state index is 0. The minimum atomic E-state index is -0.259. The van der Waals surface area contributed by atoms with E-state index in [0.717, 1.165) is 31.5 Å². The molecule has 0 spiro atoms. The van der Waals surface area contributed by atoms with Gasteiger partial charge in [0.2, 0.25) is 5.91 Å². The normalized spacial score (nSPS) is 16.5. The third kappa shape index (κ3) is 4.62. The van der Waals surface area contributed by atoms with Crippen LogP contribution in [0.15, 0.2) is 30.5 Å². The molecule has 1 atom stereocenters. The number of carbonyl (C=O) groups excluding carboxylic acids is 2. The van der Waals surface area contributed by atoms with E-state index in [-0.39, 0.29) is 24.2 Å². The summed E-state index contributed by atoms with van der Waals surface area (Å²) in [7, 11) is 0. The van der Waals surface area contributed by atoms with Crippen molar-refractivity contribution in [3.63, 3.8) is 0 Å². The molecule has 3 rings (SSSR count). The number of carbonyl (C=O) groups is 2. The fourth-order valence-corrected chi connectivity index (χ4v) is 3.00. The molecule has 3 N–H and O–H groups in total. The number of anilines is 2. The number of halogens is 1. The predicted octanol–water partition coefficient (Wildman–Crippen LogP) is 2.75. The van der Waals surface area contributed by atoms with E-state index in [1.54, 1.807) is 24.3 Å². The Labute approximate surface area is 159 Å². The highest BCUT2D eigenvalue weighted by Crippen LogP contribution is 2.24. The van der Waals surface area contributed by atoms with Crippen LogP contribution in [0.1, 0.15) is 41.9 Å². The van der Waals surface area contributed by atoms with Crippen molar-refractivity contribution in [1.82, 2.24) is 15.1 Å². The lowest BCUT2D eigenvalue weighted by Gasteiger charge is -2.22. The molecule has 26 heavy (non-hydrogen) atoms. The van der Waals surface area contributed by atoms with Gasteiger partial charge in [-0.1, -0.05) is 6.07 Å². The van der Waals surface area contributed by atoms with Crippen LogP contribution in [0.2, 0.25) is 0 Å². The van der Waals surface area contributed by atoms with E-state index < -0.39 is 0 Å². The van der Waals surface area contributed by atoms with E-state index >= 15 is 0 Å². The van der Waals surface area contributed by atoms with Crippen molar-refractivity contribution in [2.75, 3.05) is 23.7 Å². The van der Waals surface area contributed by atoms with Gasteiger partial charge in [0.15, 0.2) is 5.69 Å². The average molecular weight is 378 g/mol. The van der Waals surface area contributed by atoms with Gasteiger partial charge in [0.25, 0.3) is 5.91 Å². The molecule has 7 nitrogen and oxygen atoms in total. The monoisotopic (exact) mass is 377 g/mol. The fraction of sp³-hybridized carbons (Fsp3) is 0.389. The second-order valence-corrected chi connectivity index (χ2v) is 6.29. The van der Waals surface area contributed by atoms with Crippen LogP contribution in [0.4, 0.5) is 11.4 Å². The molecule has 2 heterocycles. The molecule has 0 saturated carbocycles. The highest BCUT2D eigenvalue weighted by Gasteiger charge is 2.18. The van der Waals surface area contributed by atoms with E-state index in [2.05, 4.69) is 21.0 Å². The Morgan fingerprint density at radius 3 is 2.62 bits per heavy atom. The molecule has 1 aliphatic rings. The SMILES string of the molecule is CC(=O)Nc1cccc(NC(=O)c2ccn(C3CCCNC3)n2)c1C.Cl. The average Bonchev–Trinajstić information content (AvgIpc) is 3.09. The predicted molar refractivity (Wildman–Crippen MR) is 104 cm³/mol. The van der Waals surface area contributed by atoms with Crippen LogP contribution in [0.5, 0.6) is 0 Å². The van der Waals surface area contributed by atoms with Crippen molar-refractivity contribution in [2.45, 2.75) is 32.7 Å². The molecule has 1 aromatic carbocycles. The molecule has 0 bridgehead atoms. The summed E-state index contributed by atoms with van der Waals surface area (Å²) in [5, 5.41) is 13.4. The molecule has 1 unspecified atom stereocenters. The van der Waals surface area contributed by atoms with Gasteiger partial charge in [-0.2, -0.15) is 5.10 Å². The zero-order valence-electron chi connectivity index (χ0n) is 14.9. The molecule has 0 aliphatic carbocycles. The van der Waals surface area contributed by atoms with Crippen molar-refractivity contribution >= 4 is 35.6 Å². The molecule has 0 radical (unpaired) electrons. The molecular formula is C18H24ClN5O2. The highest BCUT2D eigenvalue weighted by molar-refractivity contribution is 6.04. The van der Waals surface area contributed by atoms with Crippen LogP contribution < -0.4 is 16.0 Å². The number of amides is 2. The molecule has 1 saturated heterocycles. The number of hydrogen-bond donors (Lipinski definition) is 3. The first kappa shape index (κ1) is 19.9. The van der Waals surface area contributed by atoms with Gasteiger partial charge in [-0.3, -0.25) is 14.3 Å². The summed E-state index contributed by atoms with van der Waals surface area (Å²) in [5.41, 5.74) is 2.53. The summed E-state index contributed by atoms with van der Waals surface area (Å²) >= 11 is 0. The van der Waals surface area contributed by atoms with Crippen LogP contribution in [-0.4, -0.2) is 34.7 Å². The maximum atomic E-state index is 12.5. The number of benzene rings is 1. The van der Waals surface area contributed by atoms with Gasteiger partial charge in [-0.05, 0) is 50.1 Å². The Bertz CT molecular complexity index is 784. The Morgan fingerprint density at radius 1 is 1.23 bits per heavy atom. The standard InChI is InChI=1S/C18H23N5O2.ClH/c1-12-15(20-13(2)24)6-3-7-16(12)21-18(25)17-8-10-23(22-17)14-5-4-9-19-11-14;/h3,6-8,10,14,19H,4-5,9,11H2,1-2H3,(H,20,24)(H,21,25);1H. The number of nitrogens with one attached hydrogen (secondary N) is 3. The van der Waals surface area contributed by atoms with Gasteiger partial charge < -0.3 is 16.0 Å². The zero-order valence-corrected chi connectivity index (χ0v) is 15.7. The van der Waals surface area contributed by atoms with Crippen molar-refractivity contribution in [2.24, 2.45) is 0 Å². The molecule has 2 amide bonds. The van der Waals surface area contributed by atoms with Crippen LogP contribution >= 0.6 is 12.4 Å². The summed E-state index contributed by atoms with van der Waals surface area (Å²) in [6.07, 6.45) is 4.03. The van der Waals surface area contributed by atoms with Gasteiger partial charge in [0.1, 0.15) is 0 Å². The highest BCUT2D eigenvalue weighted by atomic mass is 35.5. The summed E-state index contributed by atoms with van der Waals surface area (Å²) in [4.78, 5) is 23.8. The van der Waals surface area contributed by atoms with Gasteiger partial charge >= 0.3 is 0 Å². The first-order valence-corrected chi connectivity index (χ1v) is 8.49. The van der Waals surface area contributed by atoms with Crippen molar-refractivity contribution in [3.05, 3.63) is 41.7 Å². The topological polar surface area (TPSA) is 88.0 Å². The summed E-state index contributed by atoms with van der Waals surface area (Å²) in [6, 6.07) is 7.43. The van der Waals surface area contributed by atoms with Crippen molar-refractivity contribution in [1.29, 1.82) is 0 Å². The van der Waals surface area contributed by atoms with Crippen molar-refractivity contribution in [3.8, 4) is 0 Å². The Hall–Kier alpha value is -2.38.